The molecule has 0 radical (unpaired) electrons. The van der Waals surface area contributed by atoms with Gasteiger partial charge >= 0.3 is 5.97 Å². The van der Waals surface area contributed by atoms with E-state index in [4.69, 9.17) is 4.74 Å². The third kappa shape index (κ3) is 2.79. The fourth-order valence-corrected chi connectivity index (χ4v) is 1.10. The van der Waals surface area contributed by atoms with E-state index in [1.165, 1.54) is 17.1 Å². The second-order valence-corrected chi connectivity index (χ2v) is 3.97. The molecular weight excluding hydrogens is 208 g/mol. The van der Waals surface area contributed by atoms with Gasteiger partial charge in [-0.3, -0.25) is 9.36 Å². The summed E-state index contributed by atoms with van der Waals surface area (Å²) in [6.07, 6.45) is 5.56. The van der Waals surface area contributed by atoms with Crippen LogP contribution in [0.15, 0.2) is 31.4 Å². The van der Waals surface area contributed by atoms with Gasteiger partial charge in [0, 0.05) is 18.5 Å². The lowest BCUT2D eigenvalue weighted by molar-refractivity contribution is -0.139. The molecule has 0 bridgehead atoms. The molecule has 0 amide bonds. The summed E-state index contributed by atoms with van der Waals surface area (Å²) in [7, 11) is 0. The van der Waals surface area contributed by atoms with Crippen LogP contribution in [0.25, 0.3) is 0 Å². The molecule has 16 heavy (non-hydrogen) atoms. The topological polar surface area (TPSA) is 61.2 Å². The van der Waals surface area contributed by atoms with Gasteiger partial charge in [-0.1, -0.05) is 6.58 Å². The van der Waals surface area contributed by atoms with Crippen LogP contribution < -0.4 is 0 Å². The highest BCUT2D eigenvalue weighted by Gasteiger charge is 2.30. The van der Waals surface area contributed by atoms with Gasteiger partial charge in [-0.25, -0.2) is 9.78 Å². The Balaban J connectivity index is 2.66. The van der Waals surface area contributed by atoms with Crippen molar-refractivity contribution in [1.29, 1.82) is 0 Å². The third-order valence-corrected chi connectivity index (χ3v) is 2.06. The Morgan fingerprint density at radius 1 is 1.56 bits per heavy atom. The van der Waals surface area contributed by atoms with Gasteiger partial charge in [-0.2, -0.15) is 0 Å². The first-order chi connectivity index (χ1) is 7.47. The quantitative estimate of drug-likeness (QED) is 0.568. The molecule has 0 aliphatic carbocycles. The molecule has 86 valence electrons. The summed E-state index contributed by atoms with van der Waals surface area (Å²) in [5.74, 6) is -0.714. The molecule has 0 N–H and O–H groups in total. The van der Waals surface area contributed by atoms with E-state index >= 15 is 0 Å². The Morgan fingerprint density at radius 3 is 2.75 bits per heavy atom. The summed E-state index contributed by atoms with van der Waals surface area (Å²) in [5.41, 5.74) is -0.792. The molecule has 1 rings (SSSR count). The summed E-state index contributed by atoms with van der Waals surface area (Å²) in [6.45, 7) is 6.69. The number of rotatable bonds is 4. The van der Waals surface area contributed by atoms with Gasteiger partial charge in [0.15, 0.2) is 0 Å². The van der Waals surface area contributed by atoms with Crippen molar-refractivity contribution in [2.24, 2.45) is 5.41 Å². The van der Waals surface area contributed by atoms with E-state index < -0.39 is 11.4 Å². The van der Waals surface area contributed by atoms with Gasteiger partial charge in [-0.15, -0.1) is 0 Å². The highest BCUT2D eigenvalue weighted by atomic mass is 16.5. The van der Waals surface area contributed by atoms with Crippen LogP contribution in [0.2, 0.25) is 0 Å². The Hall–Kier alpha value is -1.91. The lowest BCUT2D eigenvalue weighted by atomic mass is 9.93. The molecule has 1 heterocycles. The predicted molar refractivity (Wildman–Crippen MR) is 57.8 cm³/mol. The maximum Gasteiger partial charge on any atom is 0.330 e. The van der Waals surface area contributed by atoms with E-state index in [1.54, 1.807) is 20.0 Å². The average Bonchev–Trinajstić information content (AvgIpc) is 2.78. The molecule has 0 unspecified atom stereocenters. The number of aromatic nitrogens is 2. The number of esters is 1. The zero-order valence-electron chi connectivity index (χ0n) is 9.34. The molecule has 0 aliphatic rings. The van der Waals surface area contributed by atoms with E-state index in [9.17, 15) is 9.59 Å². The van der Waals surface area contributed by atoms with Crippen molar-refractivity contribution in [2.75, 3.05) is 6.61 Å². The molecule has 5 nitrogen and oxygen atoms in total. The number of ether oxygens (including phenoxy) is 1. The van der Waals surface area contributed by atoms with Gasteiger partial charge in [0.1, 0.15) is 12.9 Å². The van der Waals surface area contributed by atoms with E-state index in [1.807, 2.05) is 0 Å². The first-order valence-electron chi connectivity index (χ1n) is 4.79. The minimum atomic E-state index is -0.792. The SMILES string of the molecule is C=CC(=O)OCC(C)(C)C(=O)n1ccnc1. The molecule has 0 fully saturated rings. The fourth-order valence-electron chi connectivity index (χ4n) is 1.10. The van der Waals surface area contributed by atoms with Crippen molar-refractivity contribution < 1.29 is 14.3 Å². The third-order valence-electron chi connectivity index (χ3n) is 2.06. The van der Waals surface area contributed by atoms with Crippen LogP contribution in [0.3, 0.4) is 0 Å². The average molecular weight is 222 g/mol. The first kappa shape index (κ1) is 12.2. The maximum atomic E-state index is 11.9. The number of carbonyl (C=O) groups excluding carboxylic acids is 2. The summed E-state index contributed by atoms with van der Waals surface area (Å²) >= 11 is 0. The minimum Gasteiger partial charge on any atom is -0.461 e. The molecule has 0 aromatic carbocycles. The molecule has 0 atom stereocenters. The summed E-state index contributed by atoms with van der Waals surface area (Å²) in [5, 5.41) is 0. The first-order valence-corrected chi connectivity index (χ1v) is 4.79. The highest BCUT2D eigenvalue weighted by molar-refractivity contribution is 5.85. The van der Waals surface area contributed by atoms with E-state index in [0.717, 1.165) is 6.08 Å². The molecule has 0 saturated carbocycles. The number of hydrogen-bond acceptors (Lipinski definition) is 4. The van der Waals surface area contributed by atoms with Gasteiger partial charge in [0.25, 0.3) is 0 Å². The molecule has 1 aromatic heterocycles. The van der Waals surface area contributed by atoms with Crippen LogP contribution in [0.1, 0.15) is 18.6 Å². The fraction of sp³-hybridized carbons (Fsp3) is 0.364. The number of imidazole rings is 1. The zero-order chi connectivity index (χ0) is 12.2. The van der Waals surface area contributed by atoms with Crippen LogP contribution >= 0.6 is 0 Å². The minimum absolute atomic E-state index is 0.00880. The Bertz CT molecular complexity index is 393. The second-order valence-electron chi connectivity index (χ2n) is 3.97. The normalized spacial score (nSPS) is 10.9. The molecular formula is C11H14N2O3. The summed E-state index contributed by atoms with van der Waals surface area (Å²) in [4.78, 5) is 26.6. The molecule has 0 aliphatic heterocycles. The summed E-state index contributed by atoms with van der Waals surface area (Å²) < 4.78 is 6.23. The smallest absolute Gasteiger partial charge is 0.330 e. The second kappa shape index (κ2) is 4.74. The molecule has 0 spiro atoms. The highest BCUT2D eigenvalue weighted by Crippen LogP contribution is 2.18. The van der Waals surface area contributed by atoms with E-state index in [-0.39, 0.29) is 12.5 Å². The van der Waals surface area contributed by atoms with Gasteiger partial charge in [-0.05, 0) is 13.8 Å². The van der Waals surface area contributed by atoms with Gasteiger partial charge in [0.05, 0.1) is 5.41 Å². The predicted octanol–water partition coefficient (Wildman–Crippen LogP) is 1.28. The van der Waals surface area contributed by atoms with Crippen LogP contribution in [0, 0.1) is 5.41 Å². The molecule has 5 heteroatoms. The Kier molecular flexibility index (Phi) is 3.60. The van der Waals surface area contributed by atoms with E-state index in [0.29, 0.717) is 0 Å². The van der Waals surface area contributed by atoms with Crippen molar-refractivity contribution in [3.8, 4) is 0 Å². The van der Waals surface area contributed by atoms with Gasteiger partial charge < -0.3 is 4.74 Å². The largest absolute Gasteiger partial charge is 0.461 e. The van der Waals surface area contributed by atoms with Crippen LogP contribution in [-0.2, 0) is 9.53 Å². The Morgan fingerprint density at radius 2 is 2.25 bits per heavy atom. The van der Waals surface area contributed by atoms with Crippen LogP contribution in [0.4, 0.5) is 0 Å². The summed E-state index contributed by atoms with van der Waals surface area (Å²) in [6, 6.07) is 0. The van der Waals surface area contributed by atoms with Crippen molar-refractivity contribution in [3.63, 3.8) is 0 Å². The lowest BCUT2D eigenvalue weighted by Gasteiger charge is -2.22. The lowest BCUT2D eigenvalue weighted by Crippen LogP contribution is -2.34. The number of hydrogen-bond donors (Lipinski definition) is 0. The van der Waals surface area contributed by atoms with Crippen molar-refractivity contribution in [1.82, 2.24) is 9.55 Å². The standard InChI is InChI=1S/C11H14N2O3/c1-4-9(14)16-7-11(2,3)10(15)13-6-5-12-8-13/h4-6,8H,1,7H2,2-3H3. The van der Waals surface area contributed by atoms with Crippen LogP contribution in [-0.4, -0.2) is 28.0 Å². The maximum absolute atomic E-state index is 11.9. The van der Waals surface area contributed by atoms with Crippen molar-refractivity contribution in [3.05, 3.63) is 31.4 Å². The monoisotopic (exact) mass is 222 g/mol. The Labute approximate surface area is 93.7 Å². The van der Waals surface area contributed by atoms with Crippen molar-refractivity contribution >= 4 is 11.9 Å². The van der Waals surface area contributed by atoms with E-state index in [2.05, 4.69) is 11.6 Å². The number of carbonyl (C=O) groups is 2. The molecule has 0 saturated heterocycles. The molecule has 1 aromatic rings. The zero-order valence-corrected chi connectivity index (χ0v) is 9.34. The van der Waals surface area contributed by atoms with Gasteiger partial charge in [0.2, 0.25) is 5.91 Å². The van der Waals surface area contributed by atoms with Crippen LogP contribution in [0.5, 0.6) is 0 Å². The number of nitrogens with zero attached hydrogens (tertiary/aromatic N) is 2. The van der Waals surface area contributed by atoms with Crippen molar-refractivity contribution in [2.45, 2.75) is 13.8 Å².